The predicted molar refractivity (Wildman–Crippen MR) is 111 cm³/mol. The van der Waals surface area contributed by atoms with Gasteiger partial charge in [-0.15, -0.1) is 0 Å². The molecule has 1 N–H and O–H groups in total. The number of aldehydes is 1. The Morgan fingerprint density at radius 3 is 2.52 bits per heavy atom. The van der Waals surface area contributed by atoms with Crippen LogP contribution >= 0.6 is 0 Å². The molecule has 2 rings (SSSR count). The van der Waals surface area contributed by atoms with Crippen molar-refractivity contribution in [1.82, 2.24) is 0 Å². The van der Waals surface area contributed by atoms with E-state index >= 15 is 0 Å². The third kappa shape index (κ3) is 5.70. The van der Waals surface area contributed by atoms with Gasteiger partial charge in [-0.05, 0) is 39.7 Å². The Morgan fingerprint density at radius 1 is 1.32 bits per heavy atom. The molecule has 1 saturated heterocycles. The Kier molecular flexibility index (Phi) is 7.59. The first kappa shape index (κ1) is 24.5. The molecule has 0 radical (unpaired) electrons. The van der Waals surface area contributed by atoms with Gasteiger partial charge in [0.25, 0.3) is 0 Å². The van der Waals surface area contributed by atoms with Gasteiger partial charge in [0.05, 0.1) is 11.8 Å². The van der Waals surface area contributed by atoms with Crippen LogP contribution in [0.25, 0.3) is 0 Å². The summed E-state index contributed by atoms with van der Waals surface area (Å²) in [5.74, 6) is -3.68. The van der Waals surface area contributed by atoms with Crippen molar-refractivity contribution >= 4 is 24.2 Å². The van der Waals surface area contributed by atoms with Crippen LogP contribution in [-0.4, -0.2) is 53.2 Å². The van der Waals surface area contributed by atoms with E-state index in [0.717, 1.165) is 5.57 Å². The lowest BCUT2D eigenvalue weighted by Gasteiger charge is -2.34. The minimum atomic E-state index is -1.86. The number of esters is 3. The van der Waals surface area contributed by atoms with Crippen molar-refractivity contribution in [2.24, 2.45) is 11.8 Å². The molecule has 1 heterocycles. The Bertz CT molecular complexity index is 827. The lowest BCUT2D eigenvalue weighted by Crippen LogP contribution is -2.48. The summed E-state index contributed by atoms with van der Waals surface area (Å²) in [5.41, 5.74) is -0.824. The fraction of sp³-hybridized carbons (Fsp3) is 0.565. The Hall–Kier alpha value is -2.74. The molecule has 1 aliphatic carbocycles. The van der Waals surface area contributed by atoms with Crippen LogP contribution in [0.15, 0.2) is 35.5 Å². The van der Waals surface area contributed by atoms with Gasteiger partial charge >= 0.3 is 17.9 Å². The number of allylic oxidation sites excluding steroid dienone is 2. The molecule has 2 aliphatic rings. The van der Waals surface area contributed by atoms with Gasteiger partial charge in [-0.25, -0.2) is 9.59 Å². The highest BCUT2D eigenvalue weighted by Crippen LogP contribution is 2.37. The Balaban J connectivity index is 2.65. The summed E-state index contributed by atoms with van der Waals surface area (Å²) in [6, 6.07) is 0. The van der Waals surface area contributed by atoms with Gasteiger partial charge in [-0.3, -0.25) is 9.59 Å². The molecular weight excluding hydrogens is 404 g/mol. The zero-order valence-corrected chi connectivity index (χ0v) is 18.5. The average Bonchev–Trinajstić information content (AvgIpc) is 2.93. The highest BCUT2D eigenvalue weighted by Gasteiger charge is 2.50. The quantitative estimate of drug-likeness (QED) is 0.230. The third-order valence-corrected chi connectivity index (χ3v) is 5.20. The second kappa shape index (κ2) is 9.60. The number of rotatable bonds is 5. The van der Waals surface area contributed by atoms with Crippen LogP contribution in [0.1, 0.15) is 47.5 Å². The number of carbonyl (C=O) groups is 4. The topological polar surface area (TPSA) is 116 Å². The Morgan fingerprint density at radius 2 is 1.97 bits per heavy atom. The Labute approximate surface area is 181 Å². The zero-order chi connectivity index (χ0) is 23.5. The first-order valence-corrected chi connectivity index (χ1v) is 10.2. The number of fused-ring (bicyclic) bond motifs is 1. The second-order valence-corrected chi connectivity index (χ2v) is 8.74. The fourth-order valence-corrected chi connectivity index (χ4v) is 3.37. The minimum Gasteiger partial charge on any atom is -0.457 e. The first-order valence-electron chi connectivity index (χ1n) is 10.2. The third-order valence-electron chi connectivity index (χ3n) is 5.20. The minimum absolute atomic E-state index is 0.0470. The number of hydrogen-bond acceptors (Lipinski definition) is 8. The van der Waals surface area contributed by atoms with Crippen molar-refractivity contribution < 1.29 is 38.5 Å². The summed E-state index contributed by atoms with van der Waals surface area (Å²) in [6.45, 7) is 11.4. The maximum Gasteiger partial charge on any atom is 0.338 e. The van der Waals surface area contributed by atoms with Crippen molar-refractivity contribution in [2.75, 3.05) is 0 Å². The summed E-state index contributed by atoms with van der Waals surface area (Å²) in [4.78, 5) is 49.3. The highest BCUT2D eigenvalue weighted by atomic mass is 16.6. The smallest absolute Gasteiger partial charge is 0.338 e. The SMILES string of the molecule is C=C1C(=O)O[C@@H]2/C=C(\C)CC/C=C(/C=O)[C@H](OC(=O)C(C)(C)O)[C@@H](OC(=O)C(C)C)[C@@H]12. The molecule has 0 saturated carbocycles. The molecule has 1 fully saturated rings. The predicted octanol–water partition coefficient (Wildman–Crippen LogP) is 2.20. The molecule has 0 aromatic carbocycles. The van der Waals surface area contributed by atoms with Crippen molar-refractivity contribution in [3.8, 4) is 0 Å². The van der Waals surface area contributed by atoms with Gasteiger partial charge < -0.3 is 19.3 Å². The van der Waals surface area contributed by atoms with E-state index in [1.807, 2.05) is 6.92 Å². The zero-order valence-electron chi connectivity index (χ0n) is 18.5. The van der Waals surface area contributed by atoms with E-state index in [-0.39, 0.29) is 11.1 Å². The van der Waals surface area contributed by atoms with Crippen molar-refractivity contribution in [3.05, 3.63) is 35.5 Å². The summed E-state index contributed by atoms with van der Waals surface area (Å²) < 4.78 is 16.6. The number of carbonyl (C=O) groups excluding carboxylic acids is 4. The van der Waals surface area contributed by atoms with E-state index < -0.39 is 53.7 Å². The molecule has 0 unspecified atom stereocenters. The number of hydrogen-bond donors (Lipinski definition) is 1. The molecule has 0 aromatic heterocycles. The van der Waals surface area contributed by atoms with Crippen LogP contribution in [0.5, 0.6) is 0 Å². The van der Waals surface area contributed by atoms with Gasteiger partial charge in [0.2, 0.25) is 0 Å². The highest BCUT2D eigenvalue weighted by molar-refractivity contribution is 5.91. The standard InChI is InChI=1S/C23H30O8/c1-12(2)20(25)30-19-17-14(4)21(26)29-16(17)10-13(3)8-7-9-15(11-24)18(19)31-22(27)23(5,6)28/h9-12,16-19,28H,4,7-8H2,1-3,5-6H3/b13-10+,15-9-/t16-,17+,18+,19+/m1/s1. The van der Waals surface area contributed by atoms with Gasteiger partial charge in [0, 0.05) is 11.1 Å². The van der Waals surface area contributed by atoms with Crippen LogP contribution in [0, 0.1) is 11.8 Å². The second-order valence-electron chi connectivity index (χ2n) is 8.74. The molecule has 0 spiro atoms. The van der Waals surface area contributed by atoms with Crippen LogP contribution in [0.4, 0.5) is 0 Å². The molecule has 170 valence electrons. The molecule has 0 aromatic rings. The molecular formula is C23H30O8. The van der Waals surface area contributed by atoms with E-state index in [1.54, 1.807) is 26.0 Å². The molecule has 4 atom stereocenters. The maximum absolute atomic E-state index is 12.5. The monoisotopic (exact) mass is 434 g/mol. The molecule has 0 amide bonds. The molecule has 8 heteroatoms. The van der Waals surface area contributed by atoms with Crippen LogP contribution in [0.2, 0.25) is 0 Å². The maximum atomic E-state index is 12.5. The van der Waals surface area contributed by atoms with E-state index in [1.165, 1.54) is 13.8 Å². The molecule has 31 heavy (non-hydrogen) atoms. The van der Waals surface area contributed by atoms with Crippen molar-refractivity contribution in [1.29, 1.82) is 0 Å². The summed E-state index contributed by atoms with van der Waals surface area (Å²) in [5, 5.41) is 10.1. The van der Waals surface area contributed by atoms with Crippen molar-refractivity contribution in [2.45, 2.75) is 71.4 Å². The van der Waals surface area contributed by atoms with Gasteiger partial charge in [0.15, 0.2) is 17.8 Å². The lowest BCUT2D eigenvalue weighted by atomic mass is 9.83. The fourth-order valence-electron chi connectivity index (χ4n) is 3.37. The van der Waals surface area contributed by atoms with Crippen LogP contribution in [0.3, 0.4) is 0 Å². The largest absolute Gasteiger partial charge is 0.457 e. The number of aliphatic hydroxyl groups is 1. The normalized spacial score (nSPS) is 30.3. The van der Waals surface area contributed by atoms with Crippen molar-refractivity contribution in [3.63, 3.8) is 0 Å². The molecule has 0 bridgehead atoms. The molecule has 8 nitrogen and oxygen atoms in total. The van der Waals surface area contributed by atoms with E-state index in [4.69, 9.17) is 14.2 Å². The van der Waals surface area contributed by atoms with Gasteiger partial charge in [0.1, 0.15) is 12.4 Å². The molecule has 1 aliphatic heterocycles. The van der Waals surface area contributed by atoms with Gasteiger partial charge in [-0.1, -0.05) is 32.1 Å². The average molecular weight is 434 g/mol. The summed E-state index contributed by atoms with van der Waals surface area (Å²) >= 11 is 0. The van der Waals surface area contributed by atoms with E-state index in [0.29, 0.717) is 19.1 Å². The van der Waals surface area contributed by atoms with Crippen LogP contribution in [-0.2, 0) is 33.4 Å². The first-order chi connectivity index (χ1) is 14.4. The van der Waals surface area contributed by atoms with Gasteiger partial charge in [-0.2, -0.15) is 0 Å². The van der Waals surface area contributed by atoms with E-state index in [9.17, 15) is 24.3 Å². The van der Waals surface area contributed by atoms with Crippen LogP contribution < -0.4 is 0 Å². The summed E-state index contributed by atoms with van der Waals surface area (Å²) in [6.07, 6.45) is 1.48. The number of ether oxygens (including phenoxy) is 3. The van der Waals surface area contributed by atoms with E-state index in [2.05, 4.69) is 6.58 Å². The lowest BCUT2D eigenvalue weighted by molar-refractivity contribution is -0.181. The summed E-state index contributed by atoms with van der Waals surface area (Å²) in [7, 11) is 0.